The molecule has 0 aliphatic heterocycles. The van der Waals surface area contributed by atoms with E-state index < -0.39 is 40.9 Å². The summed E-state index contributed by atoms with van der Waals surface area (Å²) in [6.45, 7) is 0. The molecule has 0 aliphatic rings. The maximum atomic E-state index is 12.1. The molecule has 0 atom stereocenters. The van der Waals surface area contributed by atoms with Crippen molar-refractivity contribution in [2.45, 2.75) is 0 Å². The van der Waals surface area contributed by atoms with Gasteiger partial charge in [0, 0.05) is 0 Å². The van der Waals surface area contributed by atoms with Crippen molar-refractivity contribution in [2.75, 3.05) is 0 Å². The van der Waals surface area contributed by atoms with Gasteiger partial charge in [-0.1, -0.05) is 0 Å². The molecule has 0 amide bonds. The van der Waals surface area contributed by atoms with Gasteiger partial charge in [0.15, 0.2) is 0 Å². The van der Waals surface area contributed by atoms with E-state index in [1.165, 1.54) is 0 Å². The topological polar surface area (TPSA) is 158 Å². The Balaban J connectivity index is 2.39. The fraction of sp³-hybridized carbons (Fsp3) is 0. The molecule has 4 N–H and O–H groups in total. The number of phenols is 1. The monoisotopic (exact) mass is 346 g/mol. The lowest BCUT2D eigenvalue weighted by molar-refractivity contribution is 0.0676. The second kappa shape index (κ2) is 6.71. The number of carboxylic acid groups (broad SMARTS) is 3. The Bertz CT molecular complexity index is 898. The summed E-state index contributed by atoms with van der Waals surface area (Å²) in [7, 11) is 0. The van der Waals surface area contributed by atoms with E-state index in [0.717, 1.165) is 36.4 Å². The Hall–Kier alpha value is -3.88. The number of hydrogen-bond donors (Lipinski definition) is 4. The number of carbonyl (C=O) groups is 4. The smallest absolute Gasteiger partial charge is 0.343 e. The van der Waals surface area contributed by atoms with Crippen molar-refractivity contribution < 1.29 is 44.3 Å². The number of rotatable bonds is 5. The first-order valence-electron chi connectivity index (χ1n) is 6.59. The Labute approximate surface area is 139 Å². The number of phenolic OH excluding ortho intramolecular Hbond substituents is 1. The van der Waals surface area contributed by atoms with Crippen LogP contribution in [0.4, 0.5) is 0 Å². The first-order chi connectivity index (χ1) is 11.7. The van der Waals surface area contributed by atoms with E-state index in [1.807, 2.05) is 0 Å². The van der Waals surface area contributed by atoms with Crippen LogP contribution in [0.2, 0.25) is 0 Å². The van der Waals surface area contributed by atoms with E-state index in [-0.39, 0.29) is 16.7 Å². The molecule has 0 aromatic heterocycles. The Morgan fingerprint density at radius 3 is 1.88 bits per heavy atom. The molecule has 0 saturated heterocycles. The fourth-order valence-corrected chi connectivity index (χ4v) is 1.93. The van der Waals surface area contributed by atoms with Gasteiger partial charge in [-0.2, -0.15) is 0 Å². The van der Waals surface area contributed by atoms with Gasteiger partial charge >= 0.3 is 23.9 Å². The molecule has 25 heavy (non-hydrogen) atoms. The lowest BCUT2D eigenvalue weighted by Gasteiger charge is -2.09. The van der Waals surface area contributed by atoms with Crippen molar-refractivity contribution in [2.24, 2.45) is 0 Å². The zero-order valence-electron chi connectivity index (χ0n) is 12.3. The molecule has 9 heteroatoms. The molecule has 0 aliphatic carbocycles. The molecule has 0 bridgehead atoms. The summed E-state index contributed by atoms with van der Waals surface area (Å²) in [4.78, 5) is 45.1. The Morgan fingerprint density at radius 2 is 1.32 bits per heavy atom. The third-order valence-corrected chi connectivity index (χ3v) is 3.06. The summed E-state index contributed by atoms with van der Waals surface area (Å²) in [5, 5.41) is 36.4. The highest BCUT2D eigenvalue weighted by Crippen LogP contribution is 2.23. The lowest BCUT2D eigenvalue weighted by atomic mass is 10.1. The number of aromatic carboxylic acids is 3. The van der Waals surface area contributed by atoms with Gasteiger partial charge < -0.3 is 25.2 Å². The van der Waals surface area contributed by atoms with E-state index >= 15 is 0 Å². The van der Waals surface area contributed by atoms with Gasteiger partial charge in [0.2, 0.25) is 0 Å². The molecule has 0 radical (unpaired) electrons. The molecule has 0 unspecified atom stereocenters. The fourth-order valence-electron chi connectivity index (χ4n) is 1.93. The molecule has 9 nitrogen and oxygen atoms in total. The van der Waals surface area contributed by atoms with Crippen LogP contribution in [0.3, 0.4) is 0 Å². The number of hydrogen-bond acceptors (Lipinski definition) is 6. The number of carbonyl (C=O) groups excluding carboxylic acids is 1. The largest absolute Gasteiger partial charge is 0.508 e. The van der Waals surface area contributed by atoms with Gasteiger partial charge in [-0.05, 0) is 36.4 Å². The summed E-state index contributed by atoms with van der Waals surface area (Å²) in [6.07, 6.45) is 0. The average molecular weight is 346 g/mol. The highest BCUT2D eigenvalue weighted by molar-refractivity contribution is 5.99. The highest BCUT2D eigenvalue weighted by Gasteiger charge is 2.20. The summed E-state index contributed by atoms with van der Waals surface area (Å²) in [5.41, 5.74) is -1.57. The van der Waals surface area contributed by atoms with Crippen LogP contribution < -0.4 is 4.74 Å². The van der Waals surface area contributed by atoms with Gasteiger partial charge in [-0.15, -0.1) is 0 Å². The quantitative estimate of drug-likeness (QED) is 0.467. The minimum Gasteiger partial charge on any atom is -0.508 e. The summed E-state index contributed by atoms with van der Waals surface area (Å²) < 4.78 is 4.90. The van der Waals surface area contributed by atoms with E-state index in [2.05, 4.69) is 0 Å². The summed E-state index contributed by atoms with van der Waals surface area (Å²) in [5.74, 6) is -6.31. The van der Waals surface area contributed by atoms with Crippen molar-refractivity contribution in [1.82, 2.24) is 0 Å². The van der Waals surface area contributed by atoms with Crippen LogP contribution in [0.25, 0.3) is 0 Å². The van der Waals surface area contributed by atoms with Crippen molar-refractivity contribution in [3.8, 4) is 11.5 Å². The van der Waals surface area contributed by atoms with Crippen LogP contribution >= 0.6 is 0 Å². The third kappa shape index (κ3) is 3.91. The predicted octanol–water partition coefficient (Wildman–Crippen LogP) is 1.71. The van der Waals surface area contributed by atoms with Crippen LogP contribution in [-0.2, 0) is 0 Å². The Kier molecular flexibility index (Phi) is 4.69. The van der Waals surface area contributed by atoms with Gasteiger partial charge in [-0.25, -0.2) is 19.2 Å². The molecular formula is C16H10O9. The summed E-state index contributed by atoms with van der Waals surface area (Å²) >= 11 is 0. The van der Waals surface area contributed by atoms with E-state index in [0.29, 0.717) is 0 Å². The average Bonchev–Trinajstić information content (AvgIpc) is 2.54. The molecule has 2 rings (SSSR count). The number of carboxylic acids is 3. The van der Waals surface area contributed by atoms with Gasteiger partial charge in [0.25, 0.3) is 0 Å². The van der Waals surface area contributed by atoms with Crippen molar-refractivity contribution in [3.05, 3.63) is 58.7 Å². The van der Waals surface area contributed by atoms with E-state index in [1.54, 1.807) is 0 Å². The van der Waals surface area contributed by atoms with Gasteiger partial charge in [0.05, 0.1) is 16.7 Å². The van der Waals surface area contributed by atoms with Crippen molar-refractivity contribution in [3.63, 3.8) is 0 Å². The molecule has 128 valence electrons. The second-order valence-electron chi connectivity index (χ2n) is 4.78. The minimum atomic E-state index is -1.52. The van der Waals surface area contributed by atoms with Gasteiger partial charge in [-0.3, -0.25) is 0 Å². The normalized spacial score (nSPS) is 10.1. The lowest BCUT2D eigenvalue weighted by Crippen LogP contribution is -2.13. The second-order valence-corrected chi connectivity index (χ2v) is 4.78. The van der Waals surface area contributed by atoms with Gasteiger partial charge in [0.1, 0.15) is 17.1 Å². The number of ether oxygens (including phenoxy) is 1. The van der Waals surface area contributed by atoms with E-state index in [9.17, 15) is 24.3 Å². The molecular weight excluding hydrogens is 336 g/mol. The summed E-state index contributed by atoms with van der Waals surface area (Å²) in [6, 6.07) is 5.66. The van der Waals surface area contributed by atoms with Crippen molar-refractivity contribution in [1.29, 1.82) is 0 Å². The molecule has 2 aromatic carbocycles. The van der Waals surface area contributed by atoms with Crippen molar-refractivity contribution >= 4 is 23.9 Å². The zero-order chi connectivity index (χ0) is 18.7. The molecule has 2 aromatic rings. The minimum absolute atomic E-state index is 0.317. The maximum absolute atomic E-state index is 12.1. The number of benzene rings is 2. The first-order valence-corrected chi connectivity index (χ1v) is 6.59. The Morgan fingerprint density at radius 1 is 0.720 bits per heavy atom. The molecule has 0 saturated carbocycles. The van der Waals surface area contributed by atoms with Crippen LogP contribution in [0.1, 0.15) is 41.4 Å². The molecule has 0 fully saturated rings. The number of esters is 1. The number of aromatic hydroxyl groups is 1. The van der Waals surface area contributed by atoms with Crippen LogP contribution in [0, 0.1) is 0 Å². The van der Waals surface area contributed by atoms with Crippen LogP contribution in [0.15, 0.2) is 36.4 Å². The maximum Gasteiger partial charge on any atom is 0.343 e. The molecule has 0 spiro atoms. The van der Waals surface area contributed by atoms with E-state index in [4.69, 9.17) is 20.1 Å². The molecule has 0 heterocycles. The standard InChI is InChI=1S/C16H10O9/c17-10-4-8(14(20)21)3-9(5-10)16(24)25-12-2-1-7(13(18)19)6-11(12)15(22)23/h1-6,17H,(H,18,19)(H,20,21)(H,22,23). The SMILES string of the molecule is O=C(O)c1cc(O)cc(C(=O)Oc2ccc(C(=O)O)cc2C(=O)O)c1. The first kappa shape index (κ1) is 17.5. The van der Waals surface area contributed by atoms with Crippen LogP contribution in [-0.4, -0.2) is 44.3 Å². The third-order valence-electron chi connectivity index (χ3n) is 3.06. The highest BCUT2D eigenvalue weighted by atomic mass is 16.5. The predicted molar refractivity (Wildman–Crippen MR) is 80.4 cm³/mol. The zero-order valence-corrected chi connectivity index (χ0v) is 12.3. The van der Waals surface area contributed by atoms with Crippen LogP contribution in [0.5, 0.6) is 11.5 Å².